The number of nitrogens with zero attached hydrogens (tertiary/aromatic N) is 1. The molecule has 3 rings (SSSR count). The number of fused-ring (bicyclic) bond motifs is 5. The maximum Gasteiger partial charge on any atom is 0.0161 e. The van der Waals surface area contributed by atoms with Crippen molar-refractivity contribution < 1.29 is 0 Å². The van der Waals surface area contributed by atoms with Gasteiger partial charge < -0.3 is 0 Å². The van der Waals surface area contributed by atoms with Gasteiger partial charge in [-0.1, -0.05) is 26.0 Å². The largest absolute Gasteiger partial charge is 0.294 e. The third kappa shape index (κ3) is 1.47. The fraction of sp³-hybridized carbons (Fsp3) is 0.875. The highest BCUT2D eigenvalue weighted by Gasteiger charge is 2.58. The average Bonchev–Trinajstić information content (AvgIpc) is 2.87. The molecule has 6 unspecified atom stereocenters. The first-order chi connectivity index (χ1) is 8.02. The lowest BCUT2D eigenvalue weighted by molar-refractivity contribution is 0.0980. The van der Waals surface area contributed by atoms with Crippen molar-refractivity contribution in [3.8, 4) is 0 Å². The number of likely N-dealkylation sites (tertiary alicyclic amines) is 1. The van der Waals surface area contributed by atoms with Crippen LogP contribution in [0.4, 0.5) is 0 Å². The maximum absolute atomic E-state index is 2.83. The molecule has 1 heterocycles. The molecule has 0 aromatic rings. The number of allylic oxidation sites excluding steroid dienone is 2. The first kappa shape index (κ1) is 11.8. The van der Waals surface area contributed by atoms with Crippen molar-refractivity contribution in [3.63, 3.8) is 0 Å². The zero-order valence-electron chi connectivity index (χ0n) is 11.9. The Morgan fingerprint density at radius 3 is 2.12 bits per heavy atom. The Morgan fingerprint density at radius 2 is 1.59 bits per heavy atom. The van der Waals surface area contributed by atoms with E-state index in [9.17, 15) is 0 Å². The molecule has 3 aliphatic rings. The van der Waals surface area contributed by atoms with Crippen LogP contribution in [0.3, 0.4) is 0 Å². The van der Waals surface area contributed by atoms with E-state index < -0.39 is 0 Å². The Morgan fingerprint density at radius 1 is 1.00 bits per heavy atom. The van der Waals surface area contributed by atoms with Gasteiger partial charge in [0.1, 0.15) is 0 Å². The number of hydrogen-bond donors (Lipinski definition) is 0. The van der Waals surface area contributed by atoms with Gasteiger partial charge in [-0.05, 0) is 56.8 Å². The van der Waals surface area contributed by atoms with Gasteiger partial charge in [0.2, 0.25) is 0 Å². The summed E-state index contributed by atoms with van der Waals surface area (Å²) in [5.74, 6) is 4.47. The van der Waals surface area contributed by atoms with Crippen LogP contribution in [0.15, 0.2) is 12.2 Å². The molecule has 0 radical (unpaired) electrons. The Bertz CT molecular complexity index is 330. The van der Waals surface area contributed by atoms with Crippen LogP contribution in [-0.4, -0.2) is 23.0 Å². The quantitative estimate of drug-likeness (QED) is 0.659. The SMILES string of the molecule is CC(C)C1C2C3C=CC(C3)C2C(C)N1C(C)C. The fourth-order valence-electron chi connectivity index (χ4n) is 5.33. The van der Waals surface area contributed by atoms with Gasteiger partial charge >= 0.3 is 0 Å². The van der Waals surface area contributed by atoms with Crippen LogP contribution in [0.2, 0.25) is 0 Å². The van der Waals surface area contributed by atoms with Crippen molar-refractivity contribution in [2.45, 2.75) is 59.2 Å². The summed E-state index contributed by atoms with van der Waals surface area (Å²) in [4.78, 5) is 2.83. The molecule has 0 N–H and O–H groups in total. The molecule has 6 atom stereocenters. The topological polar surface area (TPSA) is 3.24 Å². The Kier molecular flexibility index (Phi) is 2.66. The van der Waals surface area contributed by atoms with Crippen LogP contribution < -0.4 is 0 Å². The predicted molar refractivity (Wildman–Crippen MR) is 72.8 cm³/mol. The molecule has 0 spiro atoms. The molecular weight excluding hydrogens is 206 g/mol. The van der Waals surface area contributed by atoms with E-state index in [0.29, 0.717) is 6.04 Å². The van der Waals surface area contributed by atoms with Gasteiger partial charge in [0.05, 0.1) is 0 Å². The zero-order valence-corrected chi connectivity index (χ0v) is 11.9. The molecule has 17 heavy (non-hydrogen) atoms. The van der Waals surface area contributed by atoms with Crippen LogP contribution in [0.25, 0.3) is 0 Å². The van der Waals surface area contributed by atoms with Crippen molar-refractivity contribution in [2.24, 2.45) is 29.6 Å². The first-order valence-corrected chi connectivity index (χ1v) is 7.48. The molecule has 1 saturated carbocycles. The molecule has 2 aliphatic carbocycles. The highest BCUT2D eigenvalue weighted by atomic mass is 15.3. The van der Waals surface area contributed by atoms with Crippen molar-refractivity contribution in [3.05, 3.63) is 12.2 Å². The predicted octanol–water partition coefficient (Wildman–Crippen LogP) is 3.56. The normalized spacial score (nSPS) is 48.6. The molecule has 1 heteroatoms. The summed E-state index contributed by atoms with van der Waals surface area (Å²) < 4.78 is 0. The smallest absolute Gasteiger partial charge is 0.0161 e. The fourth-order valence-corrected chi connectivity index (χ4v) is 5.33. The van der Waals surface area contributed by atoms with Crippen LogP contribution in [0, 0.1) is 29.6 Å². The molecule has 1 aliphatic heterocycles. The van der Waals surface area contributed by atoms with Gasteiger partial charge in [-0.3, -0.25) is 4.90 Å². The molecule has 1 nitrogen and oxygen atoms in total. The monoisotopic (exact) mass is 233 g/mol. The summed E-state index contributed by atoms with van der Waals surface area (Å²) in [5.41, 5.74) is 0. The van der Waals surface area contributed by atoms with E-state index in [1.54, 1.807) is 0 Å². The van der Waals surface area contributed by atoms with Crippen molar-refractivity contribution in [1.82, 2.24) is 4.90 Å². The van der Waals surface area contributed by atoms with E-state index in [4.69, 9.17) is 0 Å². The standard InChI is InChI=1S/C16H27N/c1-9(2)16-15-13-7-6-12(8-13)14(15)11(5)17(16)10(3)4/h6-7,9-16H,8H2,1-5H3. The number of hydrogen-bond acceptors (Lipinski definition) is 1. The lowest BCUT2D eigenvalue weighted by Gasteiger charge is -2.37. The van der Waals surface area contributed by atoms with Crippen molar-refractivity contribution in [2.75, 3.05) is 0 Å². The van der Waals surface area contributed by atoms with E-state index in [1.807, 2.05) is 0 Å². The van der Waals surface area contributed by atoms with Crippen LogP contribution in [0.1, 0.15) is 41.0 Å². The van der Waals surface area contributed by atoms with E-state index in [2.05, 4.69) is 51.7 Å². The average molecular weight is 233 g/mol. The molecule has 0 aromatic carbocycles. The maximum atomic E-state index is 2.83. The highest BCUT2D eigenvalue weighted by Crippen LogP contribution is 2.58. The van der Waals surface area contributed by atoms with Crippen LogP contribution in [0.5, 0.6) is 0 Å². The second kappa shape index (κ2) is 3.85. The lowest BCUT2D eigenvalue weighted by atomic mass is 9.77. The second-order valence-electron chi connectivity index (χ2n) is 7.12. The van der Waals surface area contributed by atoms with Gasteiger partial charge in [-0.25, -0.2) is 0 Å². The van der Waals surface area contributed by atoms with E-state index in [0.717, 1.165) is 41.7 Å². The van der Waals surface area contributed by atoms with E-state index >= 15 is 0 Å². The minimum atomic E-state index is 0.697. The number of rotatable bonds is 2. The summed E-state index contributed by atoms with van der Waals surface area (Å²) in [5, 5.41) is 0. The molecule has 0 aromatic heterocycles. The van der Waals surface area contributed by atoms with Gasteiger partial charge in [0.15, 0.2) is 0 Å². The minimum absolute atomic E-state index is 0.697. The summed E-state index contributed by atoms with van der Waals surface area (Å²) in [6.45, 7) is 12.1. The molecule has 2 bridgehead atoms. The minimum Gasteiger partial charge on any atom is -0.294 e. The summed E-state index contributed by atoms with van der Waals surface area (Å²) in [7, 11) is 0. The molecule has 1 saturated heterocycles. The summed E-state index contributed by atoms with van der Waals surface area (Å²) in [6.07, 6.45) is 6.50. The van der Waals surface area contributed by atoms with Crippen LogP contribution >= 0.6 is 0 Å². The van der Waals surface area contributed by atoms with Crippen LogP contribution in [-0.2, 0) is 0 Å². The van der Waals surface area contributed by atoms with Gasteiger partial charge in [-0.15, -0.1) is 0 Å². The Labute approximate surface area is 106 Å². The molecule has 2 fully saturated rings. The third-order valence-corrected chi connectivity index (χ3v) is 5.63. The van der Waals surface area contributed by atoms with Gasteiger partial charge in [0, 0.05) is 18.1 Å². The first-order valence-electron chi connectivity index (χ1n) is 7.48. The zero-order chi connectivity index (χ0) is 12.3. The van der Waals surface area contributed by atoms with Gasteiger partial charge in [-0.2, -0.15) is 0 Å². The molecule has 0 amide bonds. The molecule has 96 valence electrons. The summed E-state index contributed by atoms with van der Waals surface area (Å²) >= 11 is 0. The van der Waals surface area contributed by atoms with Gasteiger partial charge in [0.25, 0.3) is 0 Å². The second-order valence-corrected chi connectivity index (χ2v) is 7.12. The third-order valence-electron chi connectivity index (χ3n) is 5.63. The lowest BCUT2D eigenvalue weighted by Crippen LogP contribution is -2.45. The summed E-state index contributed by atoms with van der Waals surface area (Å²) in [6, 6.07) is 2.30. The molecular formula is C16H27N. The van der Waals surface area contributed by atoms with E-state index in [-0.39, 0.29) is 0 Å². The highest BCUT2D eigenvalue weighted by molar-refractivity contribution is 5.21. The van der Waals surface area contributed by atoms with E-state index in [1.165, 1.54) is 6.42 Å². The Balaban J connectivity index is 1.96. The van der Waals surface area contributed by atoms with Crippen molar-refractivity contribution in [1.29, 1.82) is 0 Å². The van der Waals surface area contributed by atoms with Crippen molar-refractivity contribution >= 4 is 0 Å². The Hall–Kier alpha value is -0.300.